The van der Waals surface area contributed by atoms with E-state index >= 15 is 0 Å². The maximum atomic E-state index is 13.6. The molecular formula is C15H11BrFNO2S. The van der Waals surface area contributed by atoms with Crippen molar-refractivity contribution in [1.29, 1.82) is 0 Å². The molecule has 0 fully saturated rings. The molecule has 6 heteroatoms. The normalized spacial score (nSPS) is 11.0. The molecule has 0 aliphatic carbocycles. The van der Waals surface area contributed by atoms with Gasteiger partial charge in [0.15, 0.2) is 0 Å². The van der Waals surface area contributed by atoms with Gasteiger partial charge in [-0.05, 0) is 51.8 Å². The largest absolute Gasteiger partial charge is 0.478 e. The summed E-state index contributed by atoms with van der Waals surface area (Å²) in [6.07, 6.45) is 3.89. The maximum absolute atomic E-state index is 13.6. The first-order valence-electron chi connectivity index (χ1n) is 5.98. The van der Waals surface area contributed by atoms with E-state index in [1.807, 2.05) is 12.1 Å². The molecule has 0 bridgehead atoms. The fraction of sp³-hybridized carbons (Fsp3) is 0.0667. The summed E-state index contributed by atoms with van der Waals surface area (Å²) < 4.78 is 14.5. The van der Waals surface area contributed by atoms with Crippen LogP contribution in [0.25, 0.3) is 6.08 Å². The number of nitrogens with zero attached hydrogens (tertiary/aromatic N) is 1. The SMILES string of the molecule is O=C(O)C=Cc1cc(CSc2ccc(Br)cn2)ccc1F. The molecule has 108 valence electrons. The molecule has 1 aromatic carbocycles. The molecule has 2 rings (SSSR count). The molecule has 1 heterocycles. The topological polar surface area (TPSA) is 50.2 Å². The van der Waals surface area contributed by atoms with Crippen LogP contribution in [0.4, 0.5) is 4.39 Å². The van der Waals surface area contributed by atoms with Gasteiger partial charge in [-0.25, -0.2) is 14.2 Å². The Kier molecular flexibility index (Phi) is 5.52. The predicted octanol–water partition coefficient (Wildman–Crippen LogP) is 4.37. The Morgan fingerprint density at radius 2 is 2.19 bits per heavy atom. The average Bonchev–Trinajstić information content (AvgIpc) is 2.46. The smallest absolute Gasteiger partial charge is 0.328 e. The van der Waals surface area contributed by atoms with Crippen LogP contribution in [0.1, 0.15) is 11.1 Å². The number of carbonyl (C=O) groups is 1. The first kappa shape index (κ1) is 15.7. The first-order chi connectivity index (χ1) is 10.0. The fourth-order valence-corrected chi connectivity index (χ4v) is 2.60. The van der Waals surface area contributed by atoms with Crippen molar-refractivity contribution in [3.63, 3.8) is 0 Å². The molecule has 0 spiro atoms. The summed E-state index contributed by atoms with van der Waals surface area (Å²) in [6, 6.07) is 8.46. The number of halogens is 2. The van der Waals surface area contributed by atoms with Gasteiger partial charge in [-0.2, -0.15) is 0 Å². The minimum atomic E-state index is -1.10. The summed E-state index contributed by atoms with van der Waals surface area (Å²) in [7, 11) is 0. The lowest BCUT2D eigenvalue weighted by Gasteiger charge is -2.04. The number of rotatable bonds is 5. The zero-order valence-corrected chi connectivity index (χ0v) is 13.2. The van der Waals surface area contributed by atoms with Gasteiger partial charge in [-0.1, -0.05) is 6.07 Å². The van der Waals surface area contributed by atoms with Gasteiger partial charge in [0.1, 0.15) is 5.82 Å². The van der Waals surface area contributed by atoms with Gasteiger partial charge in [0.05, 0.1) is 5.03 Å². The molecule has 0 unspecified atom stereocenters. The number of aliphatic carboxylic acids is 1. The first-order valence-corrected chi connectivity index (χ1v) is 7.76. The van der Waals surface area contributed by atoms with Gasteiger partial charge in [0.2, 0.25) is 0 Å². The van der Waals surface area contributed by atoms with Gasteiger partial charge in [0.25, 0.3) is 0 Å². The number of carboxylic acids is 1. The van der Waals surface area contributed by atoms with E-state index in [0.29, 0.717) is 5.75 Å². The van der Waals surface area contributed by atoms with E-state index in [1.54, 1.807) is 18.3 Å². The summed E-state index contributed by atoms with van der Waals surface area (Å²) >= 11 is 4.85. The summed E-state index contributed by atoms with van der Waals surface area (Å²) in [5.41, 5.74) is 1.16. The third-order valence-electron chi connectivity index (χ3n) is 2.55. The minimum absolute atomic E-state index is 0.263. The van der Waals surface area contributed by atoms with Crippen molar-refractivity contribution in [1.82, 2.24) is 4.98 Å². The van der Waals surface area contributed by atoms with E-state index in [9.17, 15) is 9.18 Å². The molecule has 0 atom stereocenters. The number of hydrogen-bond donors (Lipinski definition) is 1. The van der Waals surface area contributed by atoms with Crippen molar-refractivity contribution < 1.29 is 14.3 Å². The Labute approximate surface area is 134 Å². The van der Waals surface area contributed by atoms with E-state index in [-0.39, 0.29) is 5.56 Å². The highest BCUT2D eigenvalue weighted by molar-refractivity contribution is 9.10. The third kappa shape index (κ3) is 4.99. The molecule has 2 aromatic rings. The standard InChI is InChI=1S/C15H11BrFNO2S/c16-12-3-5-14(18-8-12)21-9-10-1-4-13(17)11(7-10)2-6-15(19)20/h1-8H,9H2,(H,19,20). The van der Waals surface area contributed by atoms with E-state index in [4.69, 9.17) is 5.11 Å². The predicted molar refractivity (Wildman–Crippen MR) is 84.6 cm³/mol. The van der Waals surface area contributed by atoms with Gasteiger partial charge < -0.3 is 5.11 Å². The lowest BCUT2D eigenvalue weighted by molar-refractivity contribution is -0.131. The molecule has 21 heavy (non-hydrogen) atoms. The second-order valence-corrected chi connectivity index (χ2v) is 6.04. The van der Waals surface area contributed by atoms with Gasteiger partial charge >= 0.3 is 5.97 Å². The second kappa shape index (κ2) is 7.38. The number of pyridine rings is 1. The van der Waals surface area contributed by atoms with Crippen LogP contribution < -0.4 is 0 Å². The van der Waals surface area contributed by atoms with Crippen LogP contribution in [-0.4, -0.2) is 16.1 Å². The Morgan fingerprint density at radius 1 is 1.38 bits per heavy atom. The molecule has 0 radical (unpaired) electrons. The molecule has 1 aromatic heterocycles. The molecular weight excluding hydrogens is 357 g/mol. The van der Waals surface area contributed by atoms with Gasteiger partial charge in [-0.15, -0.1) is 11.8 Å². The number of aromatic nitrogens is 1. The van der Waals surface area contributed by atoms with Crippen molar-refractivity contribution >= 4 is 39.7 Å². The Bertz CT molecular complexity index is 674. The summed E-state index contributed by atoms with van der Waals surface area (Å²) in [5, 5.41) is 9.45. The maximum Gasteiger partial charge on any atom is 0.328 e. The molecule has 0 aliphatic rings. The second-order valence-electron chi connectivity index (χ2n) is 4.13. The molecule has 0 amide bonds. The van der Waals surface area contributed by atoms with Crippen molar-refractivity contribution in [3.05, 3.63) is 64.0 Å². The Morgan fingerprint density at radius 3 is 2.86 bits per heavy atom. The van der Waals surface area contributed by atoms with Crippen molar-refractivity contribution in [2.45, 2.75) is 10.8 Å². The number of hydrogen-bond acceptors (Lipinski definition) is 3. The summed E-state index contributed by atoms with van der Waals surface area (Å²) in [6.45, 7) is 0. The zero-order valence-electron chi connectivity index (χ0n) is 10.8. The van der Waals surface area contributed by atoms with Crippen LogP contribution in [0.3, 0.4) is 0 Å². The monoisotopic (exact) mass is 367 g/mol. The number of carboxylic acid groups (broad SMARTS) is 1. The minimum Gasteiger partial charge on any atom is -0.478 e. The molecule has 0 saturated carbocycles. The van der Waals surface area contributed by atoms with Crippen LogP contribution in [0, 0.1) is 5.82 Å². The van der Waals surface area contributed by atoms with Gasteiger partial charge in [0, 0.05) is 28.1 Å². The summed E-state index contributed by atoms with van der Waals surface area (Å²) in [4.78, 5) is 14.7. The lowest BCUT2D eigenvalue weighted by Crippen LogP contribution is -1.90. The third-order valence-corrected chi connectivity index (χ3v) is 4.04. The van der Waals surface area contributed by atoms with Crippen LogP contribution in [0.5, 0.6) is 0 Å². The number of benzene rings is 1. The van der Waals surface area contributed by atoms with Crippen molar-refractivity contribution in [2.75, 3.05) is 0 Å². The molecule has 1 N–H and O–H groups in total. The van der Waals surface area contributed by atoms with Gasteiger partial charge in [-0.3, -0.25) is 0 Å². The summed E-state index contributed by atoms with van der Waals surface area (Å²) in [5.74, 6) is -0.917. The Hall–Kier alpha value is -1.66. The van der Waals surface area contributed by atoms with Crippen LogP contribution >= 0.6 is 27.7 Å². The lowest BCUT2D eigenvalue weighted by atomic mass is 10.1. The van der Waals surface area contributed by atoms with E-state index in [0.717, 1.165) is 21.1 Å². The van der Waals surface area contributed by atoms with E-state index < -0.39 is 11.8 Å². The number of thioether (sulfide) groups is 1. The van der Waals surface area contributed by atoms with Crippen LogP contribution in [0.2, 0.25) is 0 Å². The fourth-order valence-electron chi connectivity index (χ4n) is 1.58. The van der Waals surface area contributed by atoms with E-state index in [1.165, 1.54) is 23.9 Å². The zero-order chi connectivity index (χ0) is 15.2. The highest BCUT2D eigenvalue weighted by Gasteiger charge is 2.03. The van der Waals surface area contributed by atoms with Crippen LogP contribution in [-0.2, 0) is 10.5 Å². The highest BCUT2D eigenvalue weighted by atomic mass is 79.9. The Balaban J connectivity index is 2.08. The van der Waals surface area contributed by atoms with E-state index in [2.05, 4.69) is 20.9 Å². The quantitative estimate of drug-likeness (QED) is 0.629. The highest BCUT2D eigenvalue weighted by Crippen LogP contribution is 2.23. The molecule has 0 aliphatic heterocycles. The van der Waals surface area contributed by atoms with Crippen LogP contribution in [0.15, 0.2) is 52.1 Å². The average molecular weight is 368 g/mol. The van der Waals surface area contributed by atoms with Crippen molar-refractivity contribution in [2.24, 2.45) is 0 Å². The molecule has 0 saturated heterocycles. The van der Waals surface area contributed by atoms with Crippen molar-refractivity contribution in [3.8, 4) is 0 Å². The molecule has 3 nitrogen and oxygen atoms in total.